The highest BCUT2D eigenvalue weighted by Crippen LogP contribution is 2.30. The molecule has 0 saturated heterocycles. The molecule has 0 spiro atoms. The minimum absolute atomic E-state index is 0.0188. The third-order valence-electron chi connectivity index (χ3n) is 3.74. The van der Waals surface area contributed by atoms with Crippen LogP contribution in [0.15, 0.2) is 18.2 Å². The summed E-state index contributed by atoms with van der Waals surface area (Å²) >= 11 is 6.23. The Hall–Kier alpha value is -1.48. The Bertz CT molecular complexity index is 673. The number of nitrogens with one attached hydrogen (secondary N) is 1. The van der Waals surface area contributed by atoms with Gasteiger partial charge >= 0.3 is 0 Å². The largest absolute Gasteiger partial charge is 0.351 e. The molecule has 0 bridgehead atoms. The van der Waals surface area contributed by atoms with Crippen molar-refractivity contribution in [3.63, 3.8) is 0 Å². The number of hydrogen-bond acceptors (Lipinski definition) is 1. The lowest BCUT2D eigenvalue weighted by Crippen LogP contribution is -2.22. The number of fused-ring (bicyclic) bond motifs is 3. The van der Waals surface area contributed by atoms with Crippen molar-refractivity contribution in [2.45, 2.75) is 33.2 Å². The van der Waals surface area contributed by atoms with Crippen molar-refractivity contribution in [2.75, 3.05) is 6.54 Å². The van der Waals surface area contributed by atoms with Crippen molar-refractivity contribution in [3.05, 3.63) is 34.5 Å². The first-order chi connectivity index (χ1) is 9.56. The molecular weight excluding hydrogens is 272 g/mol. The first kappa shape index (κ1) is 13.5. The van der Waals surface area contributed by atoms with E-state index in [9.17, 15) is 4.79 Å². The summed E-state index contributed by atoms with van der Waals surface area (Å²) in [5.41, 5.74) is 3.17. The Morgan fingerprint density at radius 3 is 2.90 bits per heavy atom. The number of aryl methyl sites for hydroxylation is 1. The molecule has 1 aliphatic rings. The fraction of sp³-hybridized carbons (Fsp3) is 0.438. The molecule has 1 aromatic heterocycles. The van der Waals surface area contributed by atoms with Gasteiger partial charge < -0.3 is 9.88 Å². The Kier molecular flexibility index (Phi) is 3.47. The van der Waals surface area contributed by atoms with Crippen LogP contribution in [0.4, 0.5) is 0 Å². The molecule has 4 heteroatoms. The molecule has 0 saturated carbocycles. The molecule has 3 rings (SSSR count). The number of carbonyl (C=O) groups is 1. The fourth-order valence-corrected chi connectivity index (χ4v) is 3.26. The summed E-state index contributed by atoms with van der Waals surface area (Å²) in [4.78, 5) is 12.1. The number of aromatic nitrogens is 1. The second-order valence-electron chi connectivity index (χ2n) is 5.89. The van der Waals surface area contributed by atoms with Gasteiger partial charge in [0.25, 0.3) is 5.91 Å². The Morgan fingerprint density at radius 2 is 2.15 bits per heavy atom. The van der Waals surface area contributed by atoms with E-state index in [4.69, 9.17) is 11.6 Å². The van der Waals surface area contributed by atoms with Crippen molar-refractivity contribution in [3.8, 4) is 0 Å². The van der Waals surface area contributed by atoms with Crippen LogP contribution in [0, 0.1) is 5.92 Å². The van der Waals surface area contributed by atoms with Crippen LogP contribution in [0.25, 0.3) is 10.9 Å². The van der Waals surface area contributed by atoms with Crippen LogP contribution in [0.5, 0.6) is 0 Å². The molecule has 0 unspecified atom stereocenters. The third kappa shape index (κ3) is 2.31. The van der Waals surface area contributed by atoms with E-state index >= 15 is 0 Å². The summed E-state index contributed by atoms with van der Waals surface area (Å²) in [7, 11) is 0. The molecule has 1 aromatic carbocycles. The Balaban J connectivity index is 2.26. The van der Waals surface area contributed by atoms with Crippen molar-refractivity contribution in [1.82, 2.24) is 9.88 Å². The van der Waals surface area contributed by atoms with E-state index in [1.807, 2.05) is 18.2 Å². The maximum atomic E-state index is 12.1. The lowest BCUT2D eigenvalue weighted by atomic mass is 10.0. The molecular formula is C16H19ClN2O. The molecule has 20 heavy (non-hydrogen) atoms. The molecule has 0 atom stereocenters. The van der Waals surface area contributed by atoms with Gasteiger partial charge in [-0.05, 0) is 42.5 Å². The quantitative estimate of drug-likeness (QED) is 0.900. The van der Waals surface area contributed by atoms with Gasteiger partial charge in [0.05, 0.1) is 5.52 Å². The lowest BCUT2D eigenvalue weighted by Gasteiger charge is -2.12. The maximum Gasteiger partial charge on any atom is 0.267 e. The number of hydrogen-bond donors (Lipinski definition) is 1. The first-order valence-corrected chi connectivity index (χ1v) is 7.54. The number of nitrogens with zero attached hydrogens (tertiary/aromatic N) is 1. The van der Waals surface area contributed by atoms with Gasteiger partial charge in [-0.25, -0.2) is 0 Å². The standard InChI is InChI=1S/C16H19ClN2O/c1-10(2)6-11-7-13(17)8-12-9-14-16(20)18-4-3-5-19(14)15(11)12/h7-10H,3-6H2,1-2H3,(H,18,20). The molecule has 0 radical (unpaired) electrons. The van der Waals surface area contributed by atoms with E-state index in [1.54, 1.807) is 0 Å². The summed E-state index contributed by atoms with van der Waals surface area (Å²) in [6, 6.07) is 5.96. The minimum atomic E-state index is 0.0188. The van der Waals surface area contributed by atoms with Crippen LogP contribution in [0.2, 0.25) is 5.02 Å². The zero-order chi connectivity index (χ0) is 14.3. The van der Waals surface area contributed by atoms with Gasteiger partial charge in [0.2, 0.25) is 0 Å². The number of rotatable bonds is 2. The zero-order valence-corrected chi connectivity index (χ0v) is 12.6. The van der Waals surface area contributed by atoms with Gasteiger partial charge in [-0.15, -0.1) is 0 Å². The SMILES string of the molecule is CC(C)Cc1cc(Cl)cc2cc3n(c12)CCCNC3=O. The van der Waals surface area contributed by atoms with Crippen LogP contribution in [-0.4, -0.2) is 17.0 Å². The summed E-state index contributed by atoms with van der Waals surface area (Å²) in [5, 5.41) is 4.76. The highest BCUT2D eigenvalue weighted by molar-refractivity contribution is 6.31. The van der Waals surface area contributed by atoms with Gasteiger partial charge in [0.15, 0.2) is 0 Å². The van der Waals surface area contributed by atoms with Crippen molar-refractivity contribution in [1.29, 1.82) is 0 Å². The van der Waals surface area contributed by atoms with Crippen molar-refractivity contribution in [2.24, 2.45) is 5.92 Å². The highest BCUT2D eigenvalue weighted by Gasteiger charge is 2.20. The van der Waals surface area contributed by atoms with E-state index in [0.29, 0.717) is 5.92 Å². The van der Waals surface area contributed by atoms with Gasteiger partial charge in [-0.3, -0.25) is 4.79 Å². The van der Waals surface area contributed by atoms with Gasteiger partial charge in [-0.1, -0.05) is 25.4 Å². The van der Waals surface area contributed by atoms with Gasteiger partial charge in [0.1, 0.15) is 5.69 Å². The zero-order valence-electron chi connectivity index (χ0n) is 11.9. The molecule has 0 fully saturated rings. The average Bonchev–Trinajstić information content (AvgIpc) is 2.63. The normalized spacial score (nSPS) is 15.3. The molecule has 2 aromatic rings. The molecule has 2 heterocycles. The van der Waals surface area contributed by atoms with Crippen molar-refractivity contribution < 1.29 is 4.79 Å². The summed E-state index contributed by atoms with van der Waals surface area (Å²) < 4.78 is 2.16. The maximum absolute atomic E-state index is 12.1. The van der Waals surface area contributed by atoms with E-state index < -0.39 is 0 Å². The fourth-order valence-electron chi connectivity index (χ4n) is 3.01. The summed E-state index contributed by atoms with van der Waals surface area (Å²) in [6.45, 7) is 6.02. The number of benzene rings is 1. The summed E-state index contributed by atoms with van der Waals surface area (Å²) in [5.74, 6) is 0.577. The topological polar surface area (TPSA) is 34.0 Å². The highest BCUT2D eigenvalue weighted by atomic mass is 35.5. The smallest absolute Gasteiger partial charge is 0.267 e. The summed E-state index contributed by atoms with van der Waals surface area (Å²) in [6.07, 6.45) is 1.94. The second-order valence-corrected chi connectivity index (χ2v) is 6.33. The molecule has 1 aliphatic heterocycles. The number of carbonyl (C=O) groups excluding carboxylic acids is 1. The van der Waals surface area contributed by atoms with Gasteiger partial charge in [0, 0.05) is 23.5 Å². The van der Waals surface area contributed by atoms with E-state index in [2.05, 4.69) is 23.7 Å². The van der Waals surface area contributed by atoms with Crippen LogP contribution in [-0.2, 0) is 13.0 Å². The Labute approximate surface area is 123 Å². The molecule has 1 N–H and O–H groups in total. The van der Waals surface area contributed by atoms with Crippen molar-refractivity contribution >= 4 is 28.4 Å². The van der Waals surface area contributed by atoms with Crippen LogP contribution < -0.4 is 5.32 Å². The third-order valence-corrected chi connectivity index (χ3v) is 3.96. The Morgan fingerprint density at radius 1 is 1.35 bits per heavy atom. The predicted molar refractivity (Wildman–Crippen MR) is 82.4 cm³/mol. The van der Waals surface area contributed by atoms with Crippen LogP contribution in [0.3, 0.4) is 0 Å². The molecule has 3 nitrogen and oxygen atoms in total. The van der Waals surface area contributed by atoms with E-state index in [0.717, 1.165) is 42.0 Å². The molecule has 1 amide bonds. The van der Waals surface area contributed by atoms with E-state index in [-0.39, 0.29) is 5.91 Å². The second kappa shape index (κ2) is 5.13. The van der Waals surface area contributed by atoms with E-state index in [1.165, 1.54) is 11.1 Å². The molecule has 106 valence electrons. The lowest BCUT2D eigenvalue weighted by molar-refractivity contribution is 0.0951. The molecule has 0 aliphatic carbocycles. The van der Waals surface area contributed by atoms with Gasteiger partial charge in [-0.2, -0.15) is 0 Å². The average molecular weight is 291 g/mol. The van der Waals surface area contributed by atoms with Crippen LogP contribution >= 0.6 is 11.6 Å². The van der Waals surface area contributed by atoms with Crippen LogP contribution in [0.1, 0.15) is 36.3 Å². The predicted octanol–water partition coefficient (Wildman–Crippen LogP) is 3.63. The number of halogens is 1. The minimum Gasteiger partial charge on any atom is -0.351 e. The first-order valence-electron chi connectivity index (χ1n) is 7.16. The number of amides is 1. The monoisotopic (exact) mass is 290 g/mol.